The molecule has 1 aliphatic rings. The van der Waals surface area contributed by atoms with Gasteiger partial charge in [-0.1, -0.05) is 26.2 Å². The zero-order valence-corrected chi connectivity index (χ0v) is 9.18. The van der Waals surface area contributed by atoms with Gasteiger partial charge in [-0.15, -0.1) is 0 Å². The van der Waals surface area contributed by atoms with E-state index in [4.69, 9.17) is 0 Å². The van der Waals surface area contributed by atoms with E-state index in [1.807, 2.05) is 13.8 Å². The van der Waals surface area contributed by atoms with Gasteiger partial charge >= 0.3 is 0 Å². The average Bonchev–Trinajstić information content (AvgIpc) is 2.26. The van der Waals surface area contributed by atoms with Crippen LogP contribution in [0.25, 0.3) is 0 Å². The second-order valence-corrected chi connectivity index (χ2v) is 4.01. The summed E-state index contributed by atoms with van der Waals surface area (Å²) in [4.78, 5) is 11.6. The van der Waals surface area contributed by atoms with Crippen LogP contribution in [0.5, 0.6) is 0 Å². The standard InChI is InChI=1S/C11H20N2O/c1-3-9(2)12-13-11(14)10-7-5-4-6-8-10/h10H,3-8H2,1-2H3,(H,13,14)/b12-9+. The summed E-state index contributed by atoms with van der Waals surface area (Å²) < 4.78 is 0. The smallest absolute Gasteiger partial charge is 0.243 e. The first-order valence-corrected chi connectivity index (χ1v) is 5.57. The zero-order chi connectivity index (χ0) is 10.4. The van der Waals surface area contributed by atoms with E-state index < -0.39 is 0 Å². The Morgan fingerprint density at radius 2 is 2.00 bits per heavy atom. The predicted molar refractivity (Wildman–Crippen MR) is 58.1 cm³/mol. The van der Waals surface area contributed by atoms with E-state index in [1.165, 1.54) is 19.3 Å². The van der Waals surface area contributed by atoms with Crippen molar-refractivity contribution in [1.82, 2.24) is 5.43 Å². The number of carbonyl (C=O) groups is 1. The fourth-order valence-electron chi connectivity index (χ4n) is 1.69. The summed E-state index contributed by atoms with van der Waals surface area (Å²) in [6.07, 6.45) is 6.62. The van der Waals surface area contributed by atoms with Crippen LogP contribution in [0, 0.1) is 5.92 Å². The Labute approximate surface area is 86.0 Å². The molecule has 1 rings (SSSR count). The maximum absolute atomic E-state index is 11.6. The zero-order valence-electron chi connectivity index (χ0n) is 9.18. The number of carbonyl (C=O) groups excluding carboxylic acids is 1. The van der Waals surface area contributed by atoms with E-state index in [0.717, 1.165) is 25.0 Å². The van der Waals surface area contributed by atoms with Crippen molar-refractivity contribution in [3.05, 3.63) is 0 Å². The molecule has 1 aliphatic carbocycles. The van der Waals surface area contributed by atoms with Crippen molar-refractivity contribution in [3.8, 4) is 0 Å². The Balaban J connectivity index is 2.33. The topological polar surface area (TPSA) is 41.5 Å². The first kappa shape index (κ1) is 11.2. The highest BCUT2D eigenvalue weighted by atomic mass is 16.2. The molecule has 0 aliphatic heterocycles. The molecule has 0 radical (unpaired) electrons. The van der Waals surface area contributed by atoms with E-state index in [0.29, 0.717) is 0 Å². The molecule has 3 heteroatoms. The lowest BCUT2D eigenvalue weighted by molar-refractivity contribution is -0.125. The molecule has 1 N–H and O–H groups in total. The van der Waals surface area contributed by atoms with E-state index >= 15 is 0 Å². The van der Waals surface area contributed by atoms with Gasteiger partial charge in [0.1, 0.15) is 0 Å². The van der Waals surface area contributed by atoms with Crippen LogP contribution in [0.4, 0.5) is 0 Å². The van der Waals surface area contributed by atoms with Gasteiger partial charge in [0.15, 0.2) is 0 Å². The number of hydrogen-bond acceptors (Lipinski definition) is 2. The van der Waals surface area contributed by atoms with Crippen LogP contribution in [0.1, 0.15) is 52.4 Å². The van der Waals surface area contributed by atoms with Crippen molar-refractivity contribution in [2.45, 2.75) is 52.4 Å². The second kappa shape index (κ2) is 5.78. The van der Waals surface area contributed by atoms with Gasteiger partial charge in [0.05, 0.1) is 0 Å². The summed E-state index contributed by atoms with van der Waals surface area (Å²) in [5.41, 5.74) is 3.63. The highest BCUT2D eigenvalue weighted by molar-refractivity contribution is 5.84. The van der Waals surface area contributed by atoms with E-state index in [2.05, 4.69) is 10.5 Å². The highest BCUT2D eigenvalue weighted by Gasteiger charge is 2.20. The Morgan fingerprint density at radius 1 is 1.36 bits per heavy atom. The number of nitrogens with one attached hydrogen (secondary N) is 1. The van der Waals surface area contributed by atoms with Gasteiger partial charge in [-0.2, -0.15) is 5.10 Å². The molecule has 0 spiro atoms. The van der Waals surface area contributed by atoms with Gasteiger partial charge in [-0.25, -0.2) is 5.43 Å². The quantitative estimate of drug-likeness (QED) is 0.546. The molecule has 0 aromatic heterocycles. The first-order chi connectivity index (χ1) is 6.74. The Morgan fingerprint density at radius 3 is 2.57 bits per heavy atom. The van der Waals surface area contributed by atoms with Crippen molar-refractivity contribution in [3.63, 3.8) is 0 Å². The van der Waals surface area contributed by atoms with Crippen molar-refractivity contribution in [2.24, 2.45) is 11.0 Å². The van der Waals surface area contributed by atoms with Crippen LogP contribution in [-0.4, -0.2) is 11.6 Å². The van der Waals surface area contributed by atoms with Crippen LogP contribution in [0.15, 0.2) is 5.10 Å². The van der Waals surface area contributed by atoms with Crippen molar-refractivity contribution >= 4 is 11.6 Å². The van der Waals surface area contributed by atoms with E-state index in [1.54, 1.807) is 0 Å². The SMILES string of the molecule is CC/C(C)=N/NC(=O)C1CCCCC1. The summed E-state index contributed by atoms with van der Waals surface area (Å²) in [6, 6.07) is 0. The molecule has 0 unspecified atom stereocenters. The van der Waals surface area contributed by atoms with Crippen molar-refractivity contribution in [1.29, 1.82) is 0 Å². The third-order valence-corrected chi connectivity index (χ3v) is 2.84. The summed E-state index contributed by atoms with van der Waals surface area (Å²) in [6.45, 7) is 3.97. The fraction of sp³-hybridized carbons (Fsp3) is 0.818. The highest BCUT2D eigenvalue weighted by Crippen LogP contribution is 2.23. The summed E-state index contributed by atoms with van der Waals surface area (Å²) >= 11 is 0. The number of hydrogen-bond donors (Lipinski definition) is 1. The van der Waals surface area contributed by atoms with Gasteiger partial charge < -0.3 is 0 Å². The van der Waals surface area contributed by atoms with Gasteiger partial charge in [-0.05, 0) is 26.2 Å². The number of amides is 1. The number of rotatable bonds is 3. The van der Waals surface area contributed by atoms with Crippen LogP contribution < -0.4 is 5.43 Å². The average molecular weight is 196 g/mol. The molecule has 0 heterocycles. The molecule has 1 amide bonds. The minimum atomic E-state index is 0.109. The largest absolute Gasteiger partial charge is 0.273 e. The molecule has 3 nitrogen and oxygen atoms in total. The molecule has 0 saturated heterocycles. The molecule has 0 aromatic carbocycles. The maximum atomic E-state index is 11.6. The first-order valence-electron chi connectivity index (χ1n) is 5.57. The third-order valence-electron chi connectivity index (χ3n) is 2.84. The van der Waals surface area contributed by atoms with Crippen LogP contribution >= 0.6 is 0 Å². The minimum Gasteiger partial charge on any atom is -0.273 e. The lowest BCUT2D eigenvalue weighted by atomic mass is 9.89. The summed E-state index contributed by atoms with van der Waals surface area (Å²) in [7, 11) is 0. The summed E-state index contributed by atoms with van der Waals surface area (Å²) in [5.74, 6) is 0.314. The van der Waals surface area contributed by atoms with Crippen LogP contribution in [0.3, 0.4) is 0 Å². The third kappa shape index (κ3) is 3.48. The molecular weight excluding hydrogens is 176 g/mol. The van der Waals surface area contributed by atoms with Gasteiger partial charge in [-0.3, -0.25) is 4.79 Å². The Bertz CT molecular complexity index is 217. The fourth-order valence-corrected chi connectivity index (χ4v) is 1.69. The Kier molecular flexibility index (Phi) is 4.63. The van der Waals surface area contributed by atoms with E-state index in [9.17, 15) is 4.79 Å². The van der Waals surface area contributed by atoms with Crippen LogP contribution in [0.2, 0.25) is 0 Å². The monoisotopic (exact) mass is 196 g/mol. The lowest BCUT2D eigenvalue weighted by Crippen LogP contribution is -2.28. The maximum Gasteiger partial charge on any atom is 0.243 e. The van der Waals surface area contributed by atoms with Gasteiger partial charge in [0.25, 0.3) is 0 Å². The molecule has 0 aromatic rings. The van der Waals surface area contributed by atoms with Crippen molar-refractivity contribution < 1.29 is 4.79 Å². The van der Waals surface area contributed by atoms with E-state index in [-0.39, 0.29) is 11.8 Å². The minimum absolute atomic E-state index is 0.109. The van der Waals surface area contributed by atoms with Crippen molar-refractivity contribution in [2.75, 3.05) is 0 Å². The molecule has 1 fully saturated rings. The normalized spacial score (nSPS) is 19.4. The second-order valence-electron chi connectivity index (χ2n) is 4.01. The lowest BCUT2D eigenvalue weighted by Gasteiger charge is -2.19. The number of hydrazone groups is 1. The van der Waals surface area contributed by atoms with Gasteiger partial charge in [0, 0.05) is 11.6 Å². The summed E-state index contributed by atoms with van der Waals surface area (Å²) in [5, 5.41) is 4.03. The molecule has 14 heavy (non-hydrogen) atoms. The predicted octanol–water partition coefficient (Wildman–Crippen LogP) is 2.47. The molecular formula is C11H20N2O. The molecule has 0 bridgehead atoms. The molecule has 1 saturated carbocycles. The van der Waals surface area contributed by atoms with Crippen LogP contribution in [-0.2, 0) is 4.79 Å². The Hall–Kier alpha value is -0.860. The number of nitrogens with zero attached hydrogens (tertiary/aromatic N) is 1. The van der Waals surface area contributed by atoms with Gasteiger partial charge in [0.2, 0.25) is 5.91 Å². The molecule has 80 valence electrons. The molecule has 0 atom stereocenters.